The van der Waals surface area contributed by atoms with Gasteiger partial charge in [0.2, 0.25) is 0 Å². The lowest BCUT2D eigenvalue weighted by molar-refractivity contribution is 0.0711. The Morgan fingerprint density at radius 2 is 1.44 bits per heavy atom. The summed E-state index contributed by atoms with van der Waals surface area (Å²) in [5.41, 5.74) is 2.76. The first-order chi connectivity index (χ1) is 13.1. The molecule has 134 valence electrons. The van der Waals surface area contributed by atoms with E-state index in [-0.39, 0.29) is 23.6 Å². The van der Waals surface area contributed by atoms with Gasteiger partial charge in [-0.05, 0) is 47.5 Å². The topological polar surface area (TPSA) is 32.7 Å². The van der Waals surface area contributed by atoms with Gasteiger partial charge in [-0.25, -0.2) is 13.8 Å². The molecular formula is C22H16F2N2O. The highest BCUT2D eigenvalue weighted by molar-refractivity contribution is 6.05. The van der Waals surface area contributed by atoms with Gasteiger partial charge in [-0.15, -0.1) is 0 Å². The Hall–Kier alpha value is -3.34. The van der Waals surface area contributed by atoms with Crippen LogP contribution in [0.3, 0.4) is 0 Å². The lowest BCUT2D eigenvalue weighted by Crippen LogP contribution is -2.27. The molecule has 0 N–H and O–H groups in total. The third-order valence-corrected chi connectivity index (χ3v) is 4.57. The van der Waals surface area contributed by atoms with Crippen molar-refractivity contribution >= 4 is 11.6 Å². The number of hydrazone groups is 1. The van der Waals surface area contributed by atoms with Gasteiger partial charge in [0.1, 0.15) is 11.6 Å². The highest BCUT2D eigenvalue weighted by Gasteiger charge is 2.33. The van der Waals surface area contributed by atoms with Gasteiger partial charge >= 0.3 is 0 Å². The fourth-order valence-corrected chi connectivity index (χ4v) is 3.17. The van der Waals surface area contributed by atoms with Crippen LogP contribution in [-0.2, 0) is 0 Å². The molecule has 27 heavy (non-hydrogen) atoms. The number of carbonyl (C=O) groups excluding carboxylic acids is 1. The van der Waals surface area contributed by atoms with Gasteiger partial charge in [0, 0.05) is 12.0 Å². The normalized spacial score (nSPS) is 16.3. The second kappa shape index (κ2) is 7.11. The zero-order chi connectivity index (χ0) is 18.8. The van der Waals surface area contributed by atoms with Crippen molar-refractivity contribution < 1.29 is 13.6 Å². The smallest absolute Gasteiger partial charge is 0.267 e. The van der Waals surface area contributed by atoms with Crippen molar-refractivity contribution in [2.45, 2.75) is 12.5 Å². The summed E-state index contributed by atoms with van der Waals surface area (Å²) in [5, 5.41) is 5.96. The first kappa shape index (κ1) is 17.1. The summed E-state index contributed by atoms with van der Waals surface area (Å²) in [4.78, 5) is 13.0. The fourth-order valence-electron chi connectivity index (χ4n) is 3.17. The number of nitrogens with zero attached hydrogens (tertiary/aromatic N) is 2. The van der Waals surface area contributed by atoms with E-state index in [9.17, 15) is 13.6 Å². The van der Waals surface area contributed by atoms with Crippen LogP contribution >= 0.6 is 0 Å². The van der Waals surface area contributed by atoms with E-state index in [1.165, 1.54) is 29.3 Å². The van der Waals surface area contributed by atoms with Gasteiger partial charge in [0.05, 0.1) is 11.8 Å². The Bertz CT molecular complexity index is 983. The number of hydrogen-bond donors (Lipinski definition) is 0. The van der Waals surface area contributed by atoms with Crippen LogP contribution in [0.25, 0.3) is 0 Å². The molecule has 1 atom stereocenters. The Balaban J connectivity index is 1.72. The molecule has 1 aliphatic rings. The van der Waals surface area contributed by atoms with Gasteiger partial charge in [-0.3, -0.25) is 4.79 Å². The second-order valence-corrected chi connectivity index (χ2v) is 6.34. The van der Waals surface area contributed by atoms with Gasteiger partial charge in [0.25, 0.3) is 5.91 Å². The van der Waals surface area contributed by atoms with E-state index >= 15 is 0 Å². The number of carbonyl (C=O) groups is 1. The fraction of sp³-hybridized carbons (Fsp3) is 0.0909. The lowest BCUT2D eigenvalue weighted by atomic mass is 9.98. The van der Waals surface area contributed by atoms with E-state index in [4.69, 9.17) is 0 Å². The Morgan fingerprint density at radius 1 is 0.852 bits per heavy atom. The number of benzene rings is 3. The maximum atomic E-state index is 13.3. The number of hydrogen-bond acceptors (Lipinski definition) is 2. The molecule has 1 aliphatic heterocycles. The summed E-state index contributed by atoms with van der Waals surface area (Å²) in [7, 11) is 0. The third-order valence-electron chi connectivity index (χ3n) is 4.57. The quantitative estimate of drug-likeness (QED) is 0.648. The molecule has 3 nitrogen and oxygen atoms in total. The predicted molar refractivity (Wildman–Crippen MR) is 99.3 cm³/mol. The van der Waals surface area contributed by atoms with Crippen molar-refractivity contribution in [3.8, 4) is 0 Å². The molecule has 5 heteroatoms. The van der Waals surface area contributed by atoms with E-state index in [2.05, 4.69) is 5.10 Å². The van der Waals surface area contributed by atoms with E-state index < -0.39 is 0 Å². The van der Waals surface area contributed by atoms with Crippen LogP contribution in [0.4, 0.5) is 8.78 Å². The monoisotopic (exact) mass is 362 g/mol. The molecule has 0 aliphatic carbocycles. The largest absolute Gasteiger partial charge is 0.274 e. The standard InChI is InChI=1S/C22H16F2N2O/c23-18-10-6-15(7-11-18)20-14-21(16-8-12-19(24)13-9-16)26(25-20)22(27)17-4-2-1-3-5-17/h1-13,21H,14H2/t21-/m1/s1. The molecule has 0 saturated carbocycles. The summed E-state index contributed by atoms with van der Waals surface area (Å²) < 4.78 is 26.6. The summed E-state index contributed by atoms with van der Waals surface area (Å²) in [6.45, 7) is 0. The van der Waals surface area contributed by atoms with E-state index in [0.29, 0.717) is 17.7 Å². The zero-order valence-corrected chi connectivity index (χ0v) is 14.3. The van der Waals surface area contributed by atoms with Crippen LogP contribution < -0.4 is 0 Å². The summed E-state index contributed by atoms with van der Waals surface area (Å²) in [6, 6.07) is 20.6. The molecule has 0 bridgehead atoms. The van der Waals surface area contributed by atoms with Crippen LogP contribution in [0.2, 0.25) is 0 Å². The number of amides is 1. The first-order valence-corrected chi connectivity index (χ1v) is 8.59. The maximum absolute atomic E-state index is 13.3. The third kappa shape index (κ3) is 3.49. The number of rotatable bonds is 3. The number of halogens is 2. The SMILES string of the molecule is O=C(c1ccccc1)N1N=C(c2ccc(F)cc2)C[C@@H]1c1ccc(F)cc1. The van der Waals surface area contributed by atoms with Crippen molar-refractivity contribution in [2.75, 3.05) is 0 Å². The van der Waals surface area contributed by atoms with Crippen molar-refractivity contribution in [1.82, 2.24) is 5.01 Å². The lowest BCUT2D eigenvalue weighted by Gasteiger charge is -2.22. The first-order valence-electron chi connectivity index (χ1n) is 8.59. The van der Waals surface area contributed by atoms with Gasteiger partial charge in [-0.1, -0.05) is 42.5 Å². The molecule has 1 heterocycles. The van der Waals surface area contributed by atoms with Crippen molar-refractivity contribution in [3.05, 3.63) is 107 Å². The zero-order valence-electron chi connectivity index (χ0n) is 14.3. The molecule has 4 rings (SSSR count). The molecule has 0 radical (unpaired) electrons. The summed E-state index contributed by atoms with van der Waals surface area (Å²) in [6.07, 6.45) is 0.468. The molecule has 0 unspecified atom stereocenters. The summed E-state index contributed by atoms with van der Waals surface area (Å²) in [5.74, 6) is -0.899. The Morgan fingerprint density at radius 3 is 2.07 bits per heavy atom. The van der Waals surface area contributed by atoms with Crippen LogP contribution in [0.5, 0.6) is 0 Å². The highest BCUT2D eigenvalue weighted by Crippen LogP contribution is 2.34. The molecular weight excluding hydrogens is 346 g/mol. The van der Waals surface area contributed by atoms with Crippen molar-refractivity contribution in [3.63, 3.8) is 0 Å². The van der Waals surface area contributed by atoms with Crippen LogP contribution in [0, 0.1) is 11.6 Å². The minimum absolute atomic E-state index is 0.234. The van der Waals surface area contributed by atoms with Crippen LogP contribution in [0.15, 0.2) is 84.0 Å². The molecule has 3 aromatic carbocycles. The Labute approximate surface area is 155 Å². The molecule has 0 saturated heterocycles. The van der Waals surface area contributed by atoms with E-state index in [1.807, 2.05) is 6.07 Å². The molecule has 0 spiro atoms. The van der Waals surface area contributed by atoms with Crippen molar-refractivity contribution in [2.24, 2.45) is 5.10 Å². The predicted octanol–water partition coefficient (Wildman–Crippen LogP) is 4.96. The van der Waals surface area contributed by atoms with Crippen LogP contribution in [-0.4, -0.2) is 16.6 Å². The van der Waals surface area contributed by atoms with E-state index in [0.717, 1.165) is 11.1 Å². The minimum atomic E-state index is -0.349. The Kier molecular flexibility index (Phi) is 4.50. The molecule has 0 fully saturated rings. The van der Waals surface area contributed by atoms with E-state index in [1.54, 1.807) is 48.5 Å². The minimum Gasteiger partial charge on any atom is -0.267 e. The second-order valence-electron chi connectivity index (χ2n) is 6.34. The molecule has 3 aromatic rings. The van der Waals surface area contributed by atoms with Crippen molar-refractivity contribution in [1.29, 1.82) is 0 Å². The van der Waals surface area contributed by atoms with Crippen LogP contribution in [0.1, 0.15) is 33.9 Å². The van der Waals surface area contributed by atoms with Gasteiger partial charge in [0.15, 0.2) is 0 Å². The highest BCUT2D eigenvalue weighted by atomic mass is 19.1. The molecule has 1 amide bonds. The molecule has 0 aromatic heterocycles. The van der Waals surface area contributed by atoms with Gasteiger partial charge in [-0.2, -0.15) is 5.10 Å². The van der Waals surface area contributed by atoms with Gasteiger partial charge < -0.3 is 0 Å². The summed E-state index contributed by atoms with van der Waals surface area (Å²) >= 11 is 0. The average Bonchev–Trinajstić information content (AvgIpc) is 3.14. The maximum Gasteiger partial charge on any atom is 0.274 e. The average molecular weight is 362 g/mol.